The molecule has 2 amide bonds. The third kappa shape index (κ3) is 4.38. The van der Waals surface area contributed by atoms with Crippen LogP contribution >= 0.6 is 22.7 Å². The monoisotopic (exact) mass is 447 g/mol. The minimum absolute atomic E-state index is 0.0857. The van der Waals surface area contributed by atoms with Gasteiger partial charge in [0.25, 0.3) is 5.91 Å². The molecule has 0 saturated carbocycles. The van der Waals surface area contributed by atoms with Crippen molar-refractivity contribution >= 4 is 44.7 Å². The molecule has 7 heteroatoms. The number of carbonyl (C=O) groups is 2. The summed E-state index contributed by atoms with van der Waals surface area (Å²) in [4.78, 5) is 32.8. The number of hydrogen-bond donors (Lipinski definition) is 1. The van der Waals surface area contributed by atoms with Crippen LogP contribution < -0.4 is 5.32 Å². The number of nitrogens with zero attached hydrogens (tertiary/aromatic N) is 2. The summed E-state index contributed by atoms with van der Waals surface area (Å²) in [7, 11) is 0. The summed E-state index contributed by atoms with van der Waals surface area (Å²) < 4.78 is 1.15. The first kappa shape index (κ1) is 19.9. The molecular weight excluding hydrogens is 426 g/mol. The highest BCUT2D eigenvalue weighted by atomic mass is 32.1. The number of thiazole rings is 1. The van der Waals surface area contributed by atoms with E-state index in [0.717, 1.165) is 44.2 Å². The number of rotatable bonds is 6. The summed E-state index contributed by atoms with van der Waals surface area (Å²) in [6.45, 7) is 1.92. The van der Waals surface area contributed by atoms with Gasteiger partial charge in [-0.25, -0.2) is 4.98 Å². The summed E-state index contributed by atoms with van der Waals surface area (Å²) in [6, 6.07) is 19.9. The van der Waals surface area contributed by atoms with Crippen LogP contribution in [0.4, 0.5) is 0 Å². The van der Waals surface area contributed by atoms with Crippen LogP contribution in [0.1, 0.15) is 33.6 Å². The molecule has 5 nitrogen and oxygen atoms in total. The fourth-order valence-corrected chi connectivity index (χ4v) is 5.69. The molecular formula is C24H21N3O2S2. The highest BCUT2D eigenvalue weighted by Crippen LogP contribution is 2.34. The molecule has 0 aliphatic carbocycles. The van der Waals surface area contributed by atoms with Gasteiger partial charge in [0.1, 0.15) is 5.01 Å². The highest BCUT2D eigenvalue weighted by molar-refractivity contribution is 7.26. The second-order valence-electron chi connectivity index (χ2n) is 7.57. The summed E-state index contributed by atoms with van der Waals surface area (Å²) >= 11 is 3.10. The molecule has 156 valence electrons. The molecule has 0 unspecified atom stereocenters. The van der Waals surface area contributed by atoms with Crippen LogP contribution in [0.2, 0.25) is 0 Å². The summed E-state index contributed by atoms with van der Waals surface area (Å²) in [5, 5.41) is 3.95. The number of nitrogens with one attached hydrogen (secondary N) is 1. The Morgan fingerprint density at radius 2 is 1.90 bits per heavy atom. The fraction of sp³-hybridized carbons (Fsp3) is 0.208. The van der Waals surface area contributed by atoms with Gasteiger partial charge in [-0.3, -0.25) is 9.59 Å². The molecule has 0 spiro atoms. The summed E-state index contributed by atoms with van der Waals surface area (Å²) in [5.41, 5.74) is 3.11. The van der Waals surface area contributed by atoms with E-state index in [1.807, 2.05) is 53.4 Å². The van der Waals surface area contributed by atoms with Crippen molar-refractivity contribution < 1.29 is 9.59 Å². The molecule has 5 rings (SSSR count). The van der Waals surface area contributed by atoms with Gasteiger partial charge in [-0.05, 0) is 41.8 Å². The molecule has 1 aliphatic heterocycles. The number of likely N-dealkylation sites (tertiary alicyclic amines) is 1. The molecule has 0 radical (unpaired) electrons. The van der Waals surface area contributed by atoms with Crippen molar-refractivity contribution in [1.82, 2.24) is 15.2 Å². The topological polar surface area (TPSA) is 62.3 Å². The Labute approximate surface area is 188 Å². The van der Waals surface area contributed by atoms with E-state index >= 15 is 0 Å². The molecule has 2 aromatic carbocycles. The lowest BCUT2D eigenvalue weighted by molar-refractivity contribution is -0.128. The third-order valence-electron chi connectivity index (χ3n) is 5.32. The lowest BCUT2D eigenvalue weighted by atomic mass is 10.1. The van der Waals surface area contributed by atoms with E-state index in [0.29, 0.717) is 24.4 Å². The van der Waals surface area contributed by atoms with E-state index in [9.17, 15) is 9.59 Å². The van der Waals surface area contributed by atoms with Crippen molar-refractivity contribution in [1.29, 1.82) is 0 Å². The van der Waals surface area contributed by atoms with Gasteiger partial charge in [0.2, 0.25) is 5.91 Å². The van der Waals surface area contributed by atoms with Gasteiger partial charge in [0.15, 0.2) is 0 Å². The maximum Gasteiger partial charge on any atom is 0.261 e. The second-order valence-corrected chi connectivity index (χ2v) is 9.69. The van der Waals surface area contributed by atoms with Crippen LogP contribution in [0.25, 0.3) is 20.1 Å². The fourth-order valence-electron chi connectivity index (χ4n) is 3.75. The minimum atomic E-state index is -0.0857. The Balaban J connectivity index is 1.23. The van der Waals surface area contributed by atoms with Gasteiger partial charge in [-0.2, -0.15) is 0 Å². The average molecular weight is 448 g/mol. The normalized spacial score (nSPS) is 13.8. The molecule has 4 aromatic rings. The molecule has 0 bridgehead atoms. The first-order chi connectivity index (χ1) is 15.2. The summed E-state index contributed by atoms with van der Waals surface area (Å²) in [6.07, 6.45) is 1.59. The van der Waals surface area contributed by atoms with E-state index in [-0.39, 0.29) is 11.8 Å². The maximum atomic E-state index is 12.7. The van der Waals surface area contributed by atoms with E-state index in [1.165, 1.54) is 11.3 Å². The first-order valence-corrected chi connectivity index (χ1v) is 11.9. The van der Waals surface area contributed by atoms with Crippen molar-refractivity contribution in [2.75, 3.05) is 6.54 Å². The molecule has 31 heavy (non-hydrogen) atoms. The zero-order chi connectivity index (χ0) is 21.2. The van der Waals surface area contributed by atoms with Crippen molar-refractivity contribution in [2.24, 2.45) is 0 Å². The molecule has 1 saturated heterocycles. The van der Waals surface area contributed by atoms with Gasteiger partial charge >= 0.3 is 0 Å². The molecule has 0 atom stereocenters. The minimum Gasteiger partial charge on any atom is -0.347 e. The Morgan fingerprint density at radius 3 is 2.74 bits per heavy atom. The average Bonchev–Trinajstić information content (AvgIpc) is 3.52. The van der Waals surface area contributed by atoms with E-state index in [1.54, 1.807) is 11.3 Å². The van der Waals surface area contributed by atoms with Gasteiger partial charge < -0.3 is 10.2 Å². The largest absolute Gasteiger partial charge is 0.347 e. The predicted molar refractivity (Wildman–Crippen MR) is 125 cm³/mol. The molecule has 1 aliphatic rings. The van der Waals surface area contributed by atoms with Crippen LogP contribution in [-0.2, 0) is 17.9 Å². The maximum absolute atomic E-state index is 12.7. The summed E-state index contributed by atoms with van der Waals surface area (Å²) in [5.74, 6) is 0.137. The van der Waals surface area contributed by atoms with Crippen molar-refractivity contribution in [3.05, 3.63) is 76.7 Å². The van der Waals surface area contributed by atoms with Crippen LogP contribution in [0.5, 0.6) is 0 Å². The highest BCUT2D eigenvalue weighted by Gasteiger charge is 2.20. The van der Waals surface area contributed by atoms with Crippen LogP contribution in [0.15, 0.2) is 60.7 Å². The van der Waals surface area contributed by atoms with Crippen molar-refractivity contribution in [2.45, 2.75) is 25.9 Å². The predicted octanol–water partition coefficient (Wildman–Crippen LogP) is 5.08. The number of amides is 2. The molecule has 3 heterocycles. The van der Waals surface area contributed by atoms with E-state index in [4.69, 9.17) is 0 Å². The Morgan fingerprint density at radius 1 is 1.03 bits per heavy atom. The SMILES string of the molecule is O=C(NCc1cccc(CN2CCCC2=O)c1)c1ccc(-c2nc3ccccc3s2)s1. The van der Waals surface area contributed by atoms with Crippen LogP contribution in [0.3, 0.4) is 0 Å². The smallest absolute Gasteiger partial charge is 0.261 e. The third-order valence-corrected chi connectivity index (χ3v) is 7.61. The standard InChI is InChI=1S/C24H21N3O2S2/c28-22-9-4-12-27(22)15-17-6-3-5-16(13-17)14-25-23(29)20-10-11-21(30-20)24-26-18-7-1-2-8-19(18)31-24/h1-3,5-8,10-11,13H,4,9,12,14-15H2,(H,25,29). The van der Waals surface area contributed by atoms with Gasteiger partial charge in [0, 0.05) is 26.1 Å². The van der Waals surface area contributed by atoms with Crippen molar-refractivity contribution in [3.63, 3.8) is 0 Å². The quantitative estimate of drug-likeness (QED) is 0.448. The number of aromatic nitrogens is 1. The molecule has 1 N–H and O–H groups in total. The number of hydrogen-bond acceptors (Lipinski definition) is 5. The zero-order valence-corrected chi connectivity index (χ0v) is 18.5. The number of benzene rings is 2. The van der Waals surface area contributed by atoms with Crippen LogP contribution in [-0.4, -0.2) is 28.2 Å². The zero-order valence-electron chi connectivity index (χ0n) is 16.8. The lowest BCUT2D eigenvalue weighted by Crippen LogP contribution is -2.24. The second kappa shape index (κ2) is 8.61. The van der Waals surface area contributed by atoms with Gasteiger partial charge in [0.05, 0.1) is 20.0 Å². The number of thiophene rings is 1. The van der Waals surface area contributed by atoms with Crippen molar-refractivity contribution in [3.8, 4) is 9.88 Å². The molecule has 1 fully saturated rings. The van der Waals surface area contributed by atoms with E-state index < -0.39 is 0 Å². The number of fused-ring (bicyclic) bond motifs is 1. The lowest BCUT2D eigenvalue weighted by Gasteiger charge is -2.16. The Kier molecular flexibility index (Phi) is 5.53. The van der Waals surface area contributed by atoms with Gasteiger partial charge in [-0.1, -0.05) is 36.4 Å². The molecule has 2 aromatic heterocycles. The van der Waals surface area contributed by atoms with E-state index in [2.05, 4.69) is 22.4 Å². The Hall–Kier alpha value is -3.03. The number of carbonyl (C=O) groups excluding carboxylic acids is 2. The van der Waals surface area contributed by atoms with Gasteiger partial charge in [-0.15, -0.1) is 22.7 Å². The number of para-hydroxylation sites is 1. The van der Waals surface area contributed by atoms with Crippen LogP contribution in [0, 0.1) is 0 Å². The Bertz CT molecular complexity index is 1230. The first-order valence-electron chi connectivity index (χ1n) is 10.3.